The number of benzene rings is 1. The second kappa shape index (κ2) is 7.71. The third-order valence-electron chi connectivity index (χ3n) is 3.26. The van der Waals surface area contributed by atoms with E-state index in [1.54, 1.807) is 11.8 Å². The Morgan fingerprint density at radius 1 is 1.52 bits per heavy atom. The molecule has 0 bridgehead atoms. The number of carbonyl (C=O) groups excluding carboxylic acids is 1. The van der Waals surface area contributed by atoms with Gasteiger partial charge in [-0.1, -0.05) is 12.1 Å². The summed E-state index contributed by atoms with van der Waals surface area (Å²) in [5.74, 6) is 2.31. The van der Waals surface area contributed by atoms with Crippen molar-refractivity contribution in [1.29, 1.82) is 5.26 Å². The molecule has 1 N–H and O–H groups in total. The van der Waals surface area contributed by atoms with Gasteiger partial charge < -0.3 is 10.1 Å². The zero-order valence-electron chi connectivity index (χ0n) is 11.6. The number of amides is 1. The van der Waals surface area contributed by atoms with Gasteiger partial charge in [-0.3, -0.25) is 4.79 Å². The lowest BCUT2D eigenvalue weighted by atomic mass is 10.0. The molecule has 1 unspecified atom stereocenters. The zero-order chi connectivity index (χ0) is 15.1. The van der Waals surface area contributed by atoms with E-state index in [4.69, 9.17) is 4.74 Å². The molecule has 1 aromatic rings. The largest absolute Gasteiger partial charge is 0.492 e. The fourth-order valence-corrected chi connectivity index (χ4v) is 3.75. The van der Waals surface area contributed by atoms with Crippen molar-refractivity contribution in [1.82, 2.24) is 5.32 Å². The van der Waals surface area contributed by atoms with Crippen molar-refractivity contribution in [2.45, 2.75) is 24.8 Å². The van der Waals surface area contributed by atoms with Crippen molar-refractivity contribution in [2.24, 2.45) is 0 Å². The maximum atomic E-state index is 11.9. The summed E-state index contributed by atoms with van der Waals surface area (Å²) in [7, 11) is 0. The smallest absolute Gasteiger partial charge is 0.221 e. The van der Waals surface area contributed by atoms with Crippen LogP contribution in [0.25, 0.3) is 0 Å². The SMILES string of the molecule is N#CC1(NC(=O)CCCOc2ccccc2Br)CCSC1. The highest BCUT2D eigenvalue weighted by Crippen LogP contribution is 2.27. The number of nitriles is 1. The van der Waals surface area contributed by atoms with Crippen LogP contribution in [-0.4, -0.2) is 29.6 Å². The third kappa shape index (κ3) is 4.65. The quantitative estimate of drug-likeness (QED) is 0.783. The van der Waals surface area contributed by atoms with Gasteiger partial charge in [0.1, 0.15) is 11.3 Å². The van der Waals surface area contributed by atoms with Crippen molar-refractivity contribution in [3.8, 4) is 11.8 Å². The van der Waals surface area contributed by atoms with Gasteiger partial charge in [0.2, 0.25) is 5.91 Å². The molecule has 1 saturated heterocycles. The molecule has 0 aromatic heterocycles. The van der Waals surface area contributed by atoms with E-state index in [-0.39, 0.29) is 5.91 Å². The molecule has 1 amide bonds. The Balaban J connectivity index is 1.70. The number of ether oxygens (including phenoxy) is 1. The van der Waals surface area contributed by atoms with Gasteiger partial charge in [-0.15, -0.1) is 0 Å². The van der Waals surface area contributed by atoms with Crippen LogP contribution in [0.4, 0.5) is 0 Å². The number of carbonyl (C=O) groups is 1. The molecule has 1 atom stereocenters. The molecule has 6 heteroatoms. The molecule has 4 nitrogen and oxygen atoms in total. The minimum Gasteiger partial charge on any atom is -0.492 e. The first-order valence-electron chi connectivity index (χ1n) is 6.82. The molecule has 1 aliphatic heterocycles. The molecule has 1 aliphatic rings. The van der Waals surface area contributed by atoms with Gasteiger partial charge in [0.05, 0.1) is 17.1 Å². The predicted molar refractivity (Wildman–Crippen MR) is 87.3 cm³/mol. The molecule has 2 rings (SSSR count). The first kappa shape index (κ1) is 16.2. The first-order chi connectivity index (χ1) is 10.2. The van der Waals surface area contributed by atoms with Crippen LogP contribution < -0.4 is 10.1 Å². The fourth-order valence-electron chi connectivity index (χ4n) is 2.09. The Kier molecular flexibility index (Phi) is 5.95. The van der Waals surface area contributed by atoms with E-state index in [0.717, 1.165) is 22.4 Å². The van der Waals surface area contributed by atoms with Gasteiger partial charge in [0, 0.05) is 12.2 Å². The van der Waals surface area contributed by atoms with Crippen LogP contribution in [0.5, 0.6) is 5.75 Å². The molecule has 0 aliphatic carbocycles. The summed E-state index contributed by atoms with van der Waals surface area (Å²) in [6, 6.07) is 9.86. The van der Waals surface area contributed by atoms with Crippen LogP contribution in [0.3, 0.4) is 0 Å². The standard InChI is InChI=1S/C15H17BrN2O2S/c16-12-4-1-2-5-13(12)20-8-3-6-14(19)18-15(10-17)7-9-21-11-15/h1-2,4-5H,3,6-9,11H2,(H,18,19). The molecular formula is C15H17BrN2O2S. The maximum absolute atomic E-state index is 11.9. The Labute approximate surface area is 137 Å². The average molecular weight is 369 g/mol. The Morgan fingerprint density at radius 3 is 3.00 bits per heavy atom. The van der Waals surface area contributed by atoms with E-state index in [1.807, 2.05) is 24.3 Å². The Morgan fingerprint density at radius 2 is 2.33 bits per heavy atom. The number of nitrogens with zero attached hydrogens (tertiary/aromatic N) is 1. The Bertz CT molecular complexity index is 539. The highest BCUT2D eigenvalue weighted by atomic mass is 79.9. The second-order valence-electron chi connectivity index (χ2n) is 4.93. The zero-order valence-corrected chi connectivity index (χ0v) is 14.0. The van der Waals surface area contributed by atoms with Crippen molar-refractivity contribution < 1.29 is 9.53 Å². The van der Waals surface area contributed by atoms with Gasteiger partial charge >= 0.3 is 0 Å². The summed E-state index contributed by atoms with van der Waals surface area (Å²) in [5.41, 5.74) is -0.662. The van der Waals surface area contributed by atoms with Crippen molar-refractivity contribution in [3.05, 3.63) is 28.7 Å². The number of thioether (sulfide) groups is 1. The molecule has 1 aromatic carbocycles. The highest BCUT2D eigenvalue weighted by molar-refractivity contribution is 9.10. The van der Waals surface area contributed by atoms with E-state index >= 15 is 0 Å². The van der Waals surface area contributed by atoms with Crippen molar-refractivity contribution in [3.63, 3.8) is 0 Å². The highest BCUT2D eigenvalue weighted by Gasteiger charge is 2.35. The van der Waals surface area contributed by atoms with Crippen LogP contribution >= 0.6 is 27.7 Å². The summed E-state index contributed by atoms with van der Waals surface area (Å²) in [6.45, 7) is 0.477. The summed E-state index contributed by atoms with van der Waals surface area (Å²) in [6.07, 6.45) is 1.73. The molecular weight excluding hydrogens is 352 g/mol. The van der Waals surface area contributed by atoms with E-state index in [0.29, 0.717) is 25.2 Å². The molecule has 21 heavy (non-hydrogen) atoms. The van der Waals surface area contributed by atoms with Crippen molar-refractivity contribution in [2.75, 3.05) is 18.1 Å². The Hall–Kier alpha value is -1.19. The average Bonchev–Trinajstić information content (AvgIpc) is 2.94. The summed E-state index contributed by atoms with van der Waals surface area (Å²) < 4.78 is 6.52. The normalized spacial score (nSPS) is 20.8. The van der Waals surface area contributed by atoms with E-state index < -0.39 is 5.54 Å². The lowest BCUT2D eigenvalue weighted by Crippen LogP contribution is -2.47. The van der Waals surface area contributed by atoms with Crippen LogP contribution in [0.15, 0.2) is 28.7 Å². The topological polar surface area (TPSA) is 62.1 Å². The van der Waals surface area contributed by atoms with Gasteiger partial charge in [0.15, 0.2) is 0 Å². The molecule has 0 radical (unpaired) electrons. The number of rotatable bonds is 6. The number of para-hydroxylation sites is 1. The lowest BCUT2D eigenvalue weighted by Gasteiger charge is -2.21. The molecule has 112 valence electrons. The summed E-state index contributed by atoms with van der Waals surface area (Å²) in [4.78, 5) is 11.9. The monoisotopic (exact) mass is 368 g/mol. The summed E-state index contributed by atoms with van der Waals surface area (Å²) >= 11 is 5.12. The first-order valence-corrected chi connectivity index (χ1v) is 8.77. The number of nitrogens with one attached hydrogen (secondary N) is 1. The van der Waals surface area contributed by atoms with Crippen LogP contribution in [-0.2, 0) is 4.79 Å². The maximum Gasteiger partial charge on any atom is 0.221 e. The van der Waals surface area contributed by atoms with E-state index in [2.05, 4.69) is 27.3 Å². The fraction of sp³-hybridized carbons (Fsp3) is 0.467. The molecule has 0 saturated carbocycles. The van der Waals surface area contributed by atoms with E-state index in [1.165, 1.54) is 0 Å². The van der Waals surface area contributed by atoms with Gasteiger partial charge in [-0.25, -0.2) is 0 Å². The van der Waals surface area contributed by atoms with Crippen LogP contribution in [0.1, 0.15) is 19.3 Å². The lowest BCUT2D eigenvalue weighted by molar-refractivity contribution is -0.122. The minimum absolute atomic E-state index is 0.0743. The number of hydrogen-bond donors (Lipinski definition) is 1. The van der Waals surface area contributed by atoms with E-state index in [9.17, 15) is 10.1 Å². The van der Waals surface area contributed by atoms with Gasteiger partial charge in [-0.2, -0.15) is 17.0 Å². The molecule has 1 heterocycles. The van der Waals surface area contributed by atoms with Crippen molar-refractivity contribution >= 4 is 33.6 Å². The number of halogens is 1. The molecule has 1 fully saturated rings. The van der Waals surface area contributed by atoms with Crippen LogP contribution in [0.2, 0.25) is 0 Å². The predicted octanol–water partition coefficient (Wildman–Crippen LogP) is 3.12. The van der Waals surface area contributed by atoms with Gasteiger partial charge in [0.25, 0.3) is 0 Å². The van der Waals surface area contributed by atoms with Crippen LogP contribution in [0, 0.1) is 11.3 Å². The second-order valence-corrected chi connectivity index (χ2v) is 6.89. The molecule has 0 spiro atoms. The number of hydrogen-bond acceptors (Lipinski definition) is 4. The summed E-state index contributed by atoms with van der Waals surface area (Å²) in [5, 5.41) is 12.1. The van der Waals surface area contributed by atoms with Gasteiger partial charge in [-0.05, 0) is 46.7 Å². The minimum atomic E-state index is -0.662. The third-order valence-corrected chi connectivity index (χ3v) is 5.10.